The van der Waals surface area contributed by atoms with E-state index in [9.17, 15) is 19.1 Å². The molecule has 0 fully saturated rings. The molecule has 1 heterocycles. The molecule has 134 valence electrons. The van der Waals surface area contributed by atoms with Crippen LogP contribution in [-0.2, 0) is 9.59 Å². The first-order valence-electron chi connectivity index (χ1n) is 8.47. The van der Waals surface area contributed by atoms with Crippen molar-refractivity contribution in [1.82, 2.24) is 0 Å². The van der Waals surface area contributed by atoms with Gasteiger partial charge in [0.25, 0.3) is 5.91 Å². The maximum atomic E-state index is 13.4. The minimum Gasteiger partial charge on any atom is -0.503 e. The fourth-order valence-corrected chi connectivity index (χ4v) is 3.40. The standard InChI is InChI=1S/C21H20FNO3/c1-4-17(24)18-19(14-5-7-15(22)8-6-14)23(21(26)20(18)25)16-10-12(2)9-13(3)11-16/h5-11,19,25H,4H2,1-3H3. The van der Waals surface area contributed by atoms with Gasteiger partial charge in [0.1, 0.15) is 5.82 Å². The number of halogens is 1. The van der Waals surface area contributed by atoms with E-state index in [2.05, 4.69) is 0 Å². The number of amides is 1. The van der Waals surface area contributed by atoms with Crippen molar-refractivity contribution >= 4 is 17.4 Å². The maximum Gasteiger partial charge on any atom is 0.294 e. The summed E-state index contributed by atoms with van der Waals surface area (Å²) in [6.45, 7) is 5.50. The zero-order chi connectivity index (χ0) is 19.0. The molecule has 1 amide bonds. The summed E-state index contributed by atoms with van der Waals surface area (Å²) in [7, 11) is 0. The molecule has 3 rings (SSSR count). The number of rotatable bonds is 4. The summed E-state index contributed by atoms with van der Waals surface area (Å²) in [5.74, 6) is -1.88. The molecule has 2 aromatic rings. The van der Waals surface area contributed by atoms with E-state index in [0.717, 1.165) is 11.1 Å². The molecule has 0 aromatic heterocycles. The molecule has 4 nitrogen and oxygen atoms in total. The number of aryl methyl sites for hydroxylation is 2. The number of carbonyl (C=O) groups excluding carboxylic acids is 2. The molecule has 1 aliphatic heterocycles. The zero-order valence-corrected chi connectivity index (χ0v) is 14.9. The number of aliphatic hydroxyl groups is 1. The molecule has 2 aromatic carbocycles. The zero-order valence-electron chi connectivity index (χ0n) is 14.9. The lowest BCUT2D eigenvalue weighted by molar-refractivity contribution is -0.118. The molecule has 26 heavy (non-hydrogen) atoms. The lowest BCUT2D eigenvalue weighted by atomic mass is 9.94. The number of ketones is 1. The number of nitrogens with zero attached hydrogens (tertiary/aromatic N) is 1. The molecular weight excluding hydrogens is 333 g/mol. The third-order valence-electron chi connectivity index (χ3n) is 4.50. The molecule has 0 aliphatic carbocycles. The number of benzene rings is 2. The Balaban J connectivity index is 2.20. The Morgan fingerprint density at radius 1 is 1.12 bits per heavy atom. The van der Waals surface area contributed by atoms with Crippen molar-refractivity contribution in [3.05, 3.63) is 76.3 Å². The molecule has 0 spiro atoms. The summed E-state index contributed by atoms with van der Waals surface area (Å²) in [6, 6.07) is 10.5. The lowest BCUT2D eigenvalue weighted by Crippen LogP contribution is -2.31. The number of carbonyl (C=O) groups is 2. The van der Waals surface area contributed by atoms with Crippen molar-refractivity contribution in [3.8, 4) is 0 Å². The highest BCUT2D eigenvalue weighted by atomic mass is 19.1. The van der Waals surface area contributed by atoms with Gasteiger partial charge in [0.2, 0.25) is 0 Å². The van der Waals surface area contributed by atoms with E-state index in [1.54, 1.807) is 6.92 Å². The molecule has 1 aliphatic rings. The molecule has 0 saturated heterocycles. The first-order chi connectivity index (χ1) is 12.3. The van der Waals surface area contributed by atoms with Crippen molar-refractivity contribution in [2.45, 2.75) is 33.2 Å². The molecule has 1 atom stereocenters. The lowest BCUT2D eigenvalue weighted by Gasteiger charge is -2.27. The molecule has 0 bridgehead atoms. The van der Waals surface area contributed by atoms with Crippen LogP contribution in [0.25, 0.3) is 0 Å². The first kappa shape index (κ1) is 17.9. The quantitative estimate of drug-likeness (QED) is 0.890. The molecule has 0 saturated carbocycles. The number of Topliss-reactive ketones (excluding diaryl/α,β-unsaturated/α-hetero) is 1. The summed E-state index contributed by atoms with van der Waals surface area (Å²) < 4.78 is 13.4. The smallest absolute Gasteiger partial charge is 0.294 e. The second kappa shape index (κ2) is 6.75. The fraction of sp³-hybridized carbons (Fsp3) is 0.238. The van der Waals surface area contributed by atoms with Crippen molar-refractivity contribution in [2.75, 3.05) is 4.90 Å². The third kappa shape index (κ3) is 3.01. The Labute approximate surface area is 151 Å². The van der Waals surface area contributed by atoms with Gasteiger partial charge in [0.05, 0.1) is 11.6 Å². The van der Waals surface area contributed by atoms with Crippen LogP contribution in [0.15, 0.2) is 53.8 Å². The minimum absolute atomic E-state index is 0.0586. The predicted octanol–water partition coefficient (Wildman–Crippen LogP) is 4.32. The van der Waals surface area contributed by atoms with Gasteiger partial charge in [0, 0.05) is 12.1 Å². The van der Waals surface area contributed by atoms with Crippen molar-refractivity contribution < 1.29 is 19.1 Å². The second-order valence-electron chi connectivity index (χ2n) is 6.51. The second-order valence-corrected chi connectivity index (χ2v) is 6.51. The highest BCUT2D eigenvalue weighted by molar-refractivity contribution is 6.16. The van der Waals surface area contributed by atoms with Crippen molar-refractivity contribution in [2.24, 2.45) is 0 Å². The fourth-order valence-electron chi connectivity index (χ4n) is 3.40. The van der Waals surface area contributed by atoms with Gasteiger partial charge in [-0.1, -0.05) is 25.1 Å². The summed E-state index contributed by atoms with van der Waals surface area (Å²) in [5.41, 5.74) is 3.14. The van der Waals surface area contributed by atoms with Gasteiger partial charge >= 0.3 is 0 Å². The summed E-state index contributed by atoms with van der Waals surface area (Å²) >= 11 is 0. The Bertz CT molecular complexity index is 895. The van der Waals surface area contributed by atoms with Crippen molar-refractivity contribution in [3.63, 3.8) is 0 Å². The SMILES string of the molecule is CCC(=O)C1=C(O)C(=O)N(c2cc(C)cc(C)c2)C1c1ccc(F)cc1. The minimum atomic E-state index is -0.781. The first-order valence-corrected chi connectivity index (χ1v) is 8.47. The van der Waals surface area contributed by atoms with Gasteiger partial charge in [-0.3, -0.25) is 14.5 Å². The average molecular weight is 353 g/mol. The summed E-state index contributed by atoms with van der Waals surface area (Å²) in [6.07, 6.45) is 0.158. The van der Waals surface area contributed by atoms with E-state index >= 15 is 0 Å². The topological polar surface area (TPSA) is 57.6 Å². The van der Waals surface area contributed by atoms with Crippen LogP contribution >= 0.6 is 0 Å². The molecular formula is C21H20FNO3. The van der Waals surface area contributed by atoms with Gasteiger partial charge in [0.15, 0.2) is 11.5 Å². The van der Waals surface area contributed by atoms with Crippen LogP contribution in [0, 0.1) is 19.7 Å². The molecule has 0 radical (unpaired) electrons. The van der Waals surface area contributed by atoms with Crippen LogP contribution in [0.3, 0.4) is 0 Å². The predicted molar refractivity (Wildman–Crippen MR) is 97.5 cm³/mol. The summed E-state index contributed by atoms with van der Waals surface area (Å²) in [4.78, 5) is 26.7. The number of hydrogen-bond acceptors (Lipinski definition) is 3. The molecule has 1 unspecified atom stereocenters. The van der Waals surface area contributed by atoms with Gasteiger partial charge in [-0.2, -0.15) is 0 Å². The van der Waals surface area contributed by atoms with Gasteiger partial charge < -0.3 is 5.11 Å². The highest BCUT2D eigenvalue weighted by Gasteiger charge is 2.43. The van der Waals surface area contributed by atoms with Gasteiger partial charge in [-0.15, -0.1) is 0 Å². The van der Waals surface area contributed by atoms with E-state index in [4.69, 9.17) is 0 Å². The number of anilines is 1. The third-order valence-corrected chi connectivity index (χ3v) is 4.50. The Morgan fingerprint density at radius 3 is 2.23 bits per heavy atom. The number of aliphatic hydroxyl groups excluding tert-OH is 1. The van der Waals surface area contributed by atoms with Crippen LogP contribution in [0.5, 0.6) is 0 Å². The van der Waals surface area contributed by atoms with Crippen molar-refractivity contribution in [1.29, 1.82) is 0 Å². The van der Waals surface area contributed by atoms with E-state index in [0.29, 0.717) is 11.3 Å². The van der Waals surface area contributed by atoms with Crippen LogP contribution in [-0.4, -0.2) is 16.8 Å². The van der Waals surface area contributed by atoms with Crippen LogP contribution in [0.2, 0.25) is 0 Å². The van der Waals surface area contributed by atoms with E-state index < -0.39 is 23.5 Å². The van der Waals surface area contributed by atoms with Gasteiger partial charge in [-0.25, -0.2) is 4.39 Å². The highest BCUT2D eigenvalue weighted by Crippen LogP contribution is 2.41. The van der Waals surface area contributed by atoms with Crippen LogP contribution in [0.4, 0.5) is 10.1 Å². The van der Waals surface area contributed by atoms with Crippen LogP contribution in [0.1, 0.15) is 36.1 Å². The summed E-state index contributed by atoms with van der Waals surface area (Å²) in [5, 5.41) is 10.4. The largest absolute Gasteiger partial charge is 0.503 e. The molecule has 5 heteroatoms. The molecule has 1 N–H and O–H groups in total. The van der Waals surface area contributed by atoms with E-state index in [1.807, 2.05) is 32.0 Å². The van der Waals surface area contributed by atoms with E-state index in [-0.39, 0.29) is 17.8 Å². The monoisotopic (exact) mass is 353 g/mol. The maximum absolute atomic E-state index is 13.4. The number of hydrogen-bond donors (Lipinski definition) is 1. The van der Waals surface area contributed by atoms with E-state index in [1.165, 1.54) is 29.2 Å². The normalized spacial score (nSPS) is 17.2. The average Bonchev–Trinajstić information content (AvgIpc) is 2.85. The Hall–Kier alpha value is -2.95. The Morgan fingerprint density at radius 2 is 1.69 bits per heavy atom. The van der Waals surface area contributed by atoms with Crippen LogP contribution < -0.4 is 4.90 Å². The Kier molecular flexibility index (Phi) is 4.64. The van der Waals surface area contributed by atoms with Gasteiger partial charge in [-0.05, 0) is 54.8 Å².